The lowest BCUT2D eigenvalue weighted by Crippen LogP contribution is -2.23. The first-order valence-electron chi connectivity index (χ1n) is 9.17. The SMILES string of the molecule is CC(=O)Nc1cccc(NC(=O)CCCn2nc(-c3cccnc3)ccc2=O)c1. The normalized spacial score (nSPS) is 10.4. The van der Waals surface area contributed by atoms with Gasteiger partial charge in [0.05, 0.1) is 5.69 Å². The maximum absolute atomic E-state index is 12.2. The molecule has 0 aliphatic heterocycles. The Morgan fingerprint density at radius 1 is 1.03 bits per heavy atom. The van der Waals surface area contributed by atoms with E-state index in [4.69, 9.17) is 0 Å². The minimum atomic E-state index is -0.221. The molecule has 0 aliphatic carbocycles. The molecule has 2 N–H and O–H groups in total. The summed E-state index contributed by atoms with van der Waals surface area (Å²) < 4.78 is 1.35. The Balaban J connectivity index is 1.57. The van der Waals surface area contributed by atoms with Crippen LogP contribution in [-0.2, 0) is 16.1 Å². The number of hydrogen-bond acceptors (Lipinski definition) is 5. The molecule has 3 aromatic rings. The number of carbonyl (C=O) groups excluding carboxylic acids is 2. The number of amides is 2. The molecule has 1 aromatic carbocycles. The lowest BCUT2D eigenvalue weighted by molar-refractivity contribution is -0.116. The fourth-order valence-corrected chi connectivity index (χ4v) is 2.77. The molecule has 0 bridgehead atoms. The zero-order chi connectivity index (χ0) is 20.6. The number of carbonyl (C=O) groups is 2. The molecule has 0 atom stereocenters. The van der Waals surface area contributed by atoms with Crippen LogP contribution in [0.1, 0.15) is 19.8 Å². The third kappa shape index (κ3) is 5.83. The molecule has 0 radical (unpaired) electrons. The van der Waals surface area contributed by atoms with Crippen molar-refractivity contribution in [1.29, 1.82) is 0 Å². The van der Waals surface area contributed by atoms with Gasteiger partial charge in [-0.2, -0.15) is 5.10 Å². The number of hydrogen-bond donors (Lipinski definition) is 2. The molecule has 0 spiro atoms. The van der Waals surface area contributed by atoms with Crippen molar-refractivity contribution in [3.05, 3.63) is 71.3 Å². The highest BCUT2D eigenvalue weighted by Crippen LogP contribution is 2.16. The monoisotopic (exact) mass is 391 g/mol. The summed E-state index contributed by atoms with van der Waals surface area (Å²) in [5, 5.41) is 9.81. The predicted octanol–water partition coefficient (Wildman–Crippen LogP) is 2.68. The molecule has 0 fully saturated rings. The molecular weight excluding hydrogens is 370 g/mol. The summed E-state index contributed by atoms with van der Waals surface area (Å²) in [6, 6.07) is 13.7. The van der Waals surface area contributed by atoms with E-state index in [1.165, 1.54) is 17.7 Å². The summed E-state index contributed by atoms with van der Waals surface area (Å²) in [5.74, 6) is -0.360. The van der Waals surface area contributed by atoms with Crippen LogP contribution in [-0.4, -0.2) is 26.6 Å². The van der Waals surface area contributed by atoms with E-state index in [1.54, 1.807) is 48.8 Å². The van der Waals surface area contributed by atoms with Crippen LogP contribution in [0.5, 0.6) is 0 Å². The first kappa shape index (κ1) is 19.9. The summed E-state index contributed by atoms with van der Waals surface area (Å²) in [4.78, 5) is 39.4. The van der Waals surface area contributed by atoms with E-state index in [0.29, 0.717) is 30.0 Å². The van der Waals surface area contributed by atoms with Crippen molar-refractivity contribution in [1.82, 2.24) is 14.8 Å². The van der Waals surface area contributed by atoms with Crippen LogP contribution in [0.2, 0.25) is 0 Å². The molecule has 29 heavy (non-hydrogen) atoms. The smallest absolute Gasteiger partial charge is 0.266 e. The number of benzene rings is 1. The van der Waals surface area contributed by atoms with Crippen molar-refractivity contribution in [2.45, 2.75) is 26.3 Å². The number of anilines is 2. The van der Waals surface area contributed by atoms with E-state index in [2.05, 4.69) is 20.7 Å². The Labute approximate surface area is 167 Å². The van der Waals surface area contributed by atoms with Crippen LogP contribution in [0, 0.1) is 0 Å². The standard InChI is InChI=1S/C21H21N5O3/c1-15(27)23-17-6-2-7-18(13-17)24-20(28)8-4-12-26-21(29)10-9-19(25-26)16-5-3-11-22-14-16/h2-3,5-7,9-11,13-14H,4,8,12H2,1H3,(H,23,27)(H,24,28). The molecule has 2 heterocycles. The molecule has 3 rings (SSSR count). The molecule has 2 aromatic heterocycles. The number of nitrogens with one attached hydrogen (secondary N) is 2. The van der Waals surface area contributed by atoms with Gasteiger partial charge in [-0.3, -0.25) is 19.4 Å². The summed E-state index contributed by atoms with van der Waals surface area (Å²) >= 11 is 0. The van der Waals surface area contributed by atoms with Crippen LogP contribution in [0.4, 0.5) is 11.4 Å². The summed E-state index contributed by atoms with van der Waals surface area (Å²) in [6.45, 7) is 1.75. The second-order valence-electron chi connectivity index (χ2n) is 6.44. The maximum atomic E-state index is 12.2. The van der Waals surface area contributed by atoms with Crippen LogP contribution in [0.15, 0.2) is 65.7 Å². The van der Waals surface area contributed by atoms with E-state index in [1.807, 2.05) is 6.07 Å². The van der Waals surface area contributed by atoms with Gasteiger partial charge in [0.2, 0.25) is 11.8 Å². The number of pyridine rings is 1. The Hall–Kier alpha value is -3.81. The van der Waals surface area contributed by atoms with Gasteiger partial charge in [0.1, 0.15) is 0 Å². The van der Waals surface area contributed by atoms with Crippen molar-refractivity contribution in [2.75, 3.05) is 10.6 Å². The van der Waals surface area contributed by atoms with Gasteiger partial charge in [0, 0.05) is 55.3 Å². The van der Waals surface area contributed by atoms with E-state index in [-0.39, 0.29) is 23.8 Å². The van der Waals surface area contributed by atoms with E-state index in [9.17, 15) is 14.4 Å². The lowest BCUT2D eigenvalue weighted by atomic mass is 10.2. The molecule has 0 unspecified atom stereocenters. The Kier molecular flexibility index (Phi) is 6.47. The fraction of sp³-hybridized carbons (Fsp3) is 0.190. The van der Waals surface area contributed by atoms with Crippen molar-refractivity contribution < 1.29 is 9.59 Å². The minimum absolute atomic E-state index is 0.179. The molecular formula is C21H21N5O3. The van der Waals surface area contributed by atoms with Crippen molar-refractivity contribution in [3.8, 4) is 11.3 Å². The average Bonchev–Trinajstić information content (AvgIpc) is 2.70. The zero-order valence-electron chi connectivity index (χ0n) is 16.0. The zero-order valence-corrected chi connectivity index (χ0v) is 16.0. The van der Waals surface area contributed by atoms with Gasteiger partial charge in [0.25, 0.3) is 5.56 Å². The summed E-state index contributed by atoms with van der Waals surface area (Å²) in [6.07, 6.45) is 4.04. The van der Waals surface area contributed by atoms with Crippen molar-refractivity contribution in [2.24, 2.45) is 0 Å². The number of rotatable bonds is 7. The van der Waals surface area contributed by atoms with E-state index >= 15 is 0 Å². The molecule has 8 heteroatoms. The van der Waals surface area contributed by atoms with Gasteiger partial charge >= 0.3 is 0 Å². The van der Waals surface area contributed by atoms with Gasteiger partial charge in [-0.15, -0.1) is 0 Å². The summed E-state index contributed by atoms with van der Waals surface area (Å²) in [7, 11) is 0. The lowest BCUT2D eigenvalue weighted by Gasteiger charge is -2.09. The molecule has 148 valence electrons. The quantitative estimate of drug-likeness (QED) is 0.644. The number of nitrogens with zero attached hydrogens (tertiary/aromatic N) is 3. The second-order valence-corrected chi connectivity index (χ2v) is 6.44. The predicted molar refractivity (Wildman–Crippen MR) is 110 cm³/mol. The first-order chi connectivity index (χ1) is 14.0. The van der Waals surface area contributed by atoms with Gasteiger partial charge in [0.15, 0.2) is 0 Å². The van der Waals surface area contributed by atoms with Crippen molar-refractivity contribution in [3.63, 3.8) is 0 Å². The van der Waals surface area contributed by atoms with Crippen LogP contribution in [0.3, 0.4) is 0 Å². The molecule has 0 aliphatic rings. The van der Waals surface area contributed by atoms with Gasteiger partial charge in [-0.1, -0.05) is 6.07 Å². The maximum Gasteiger partial charge on any atom is 0.266 e. The molecule has 0 saturated heterocycles. The Morgan fingerprint density at radius 2 is 1.83 bits per heavy atom. The highest BCUT2D eigenvalue weighted by molar-refractivity contribution is 5.93. The van der Waals surface area contributed by atoms with Gasteiger partial charge in [-0.25, -0.2) is 4.68 Å². The molecule has 0 saturated carbocycles. The Morgan fingerprint density at radius 3 is 2.55 bits per heavy atom. The second kappa shape index (κ2) is 9.41. The highest BCUT2D eigenvalue weighted by atomic mass is 16.2. The fourth-order valence-electron chi connectivity index (χ4n) is 2.77. The first-order valence-corrected chi connectivity index (χ1v) is 9.17. The largest absolute Gasteiger partial charge is 0.326 e. The van der Waals surface area contributed by atoms with E-state index in [0.717, 1.165) is 5.56 Å². The van der Waals surface area contributed by atoms with Gasteiger partial charge in [-0.05, 0) is 42.8 Å². The van der Waals surface area contributed by atoms with Gasteiger partial charge < -0.3 is 10.6 Å². The topological polar surface area (TPSA) is 106 Å². The molecule has 2 amide bonds. The highest BCUT2D eigenvalue weighted by Gasteiger charge is 2.07. The van der Waals surface area contributed by atoms with E-state index < -0.39 is 0 Å². The third-order valence-corrected chi connectivity index (χ3v) is 4.06. The molecule has 8 nitrogen and oxygen atoms in total. The number of aryl methyl sites for hydroxylation is 1. The van der Waals surface area contributed by atoms with Crippen LogP contribution in [0.25, 0.3) is 11.3 Å². The van der Waals surface area contributed by atoms with Crippen LogP contribution < -0.4 is 16.2 Å². The van der Waals surface area contributed by atoms with Crippen LogP contribution >= 0.6 is 0 Å². The summed E-state index contributed by atoms with van der Waals surface area (Å²) in [5.41, 5.74) is 2.45. The third-order valence-electron chi connectivity index (χ3n) is 4.06. The Bertz CT molecular complexity index is 1060. The minimum Gasteiger partial charge on any atom is -0.326 e. The number of aromatic nitrogens is 3. The van der Waals surface area contributed by atoms with Crippen molar-refractivity contribution >= 4 is 23.2 Å². The average molecular weight is 391 g/mol.